The van der Waals surface area contributed by atoms with E-state index in [2.05, 4.69) is 15.4 Å². The number of methoxy groups -OCH3 is 1. The Balaban J connectivity index is 1.75. The summed E-state index contributed by atoms with van der Waals surface area (Å²) >= 11 is 5.97. The third-order valence-electron chi connectivity index (χ3n) is 4.66. The highest BCUT2D eigenvalue weighted by molar-refractivity contribution is 6.30. The Kier molecular flexibility index (Phi) is 5.24. The van der Waals surface area contributed by atoms with Gasteiger partial charge >= 0.3 is 0 Å². The second-order valence-corrected chi connectivity index (χ2v) is 7.03. The molecule has 0 aliphatic heterocycles. The quantitative estimate of drug-likeness (QED) is 0.533. The molecule has 0 aliphatic rings. The summed E-state index contributed by atoms with van der Waals surface area (Å²) in [6.07, 6.45) is 1.37. The van der Waals surface area contributed by atoms with Crippen LogP contribution in [0.25, 0.3) is 16.7 Å². The van der Waals surface area contributed by atoms with Gasteiger partial charge in [0.1, 0.15) is 11.3 Å². The molecule has 2 aromatic carbocycles. The fraction of sp³-hybridized carbons (Fsp3) is 0.143. The molecular formula is C21H18ClN5O3. The van der Waals surface area contributed by atoms with Gasteiger partial charge in [-0.3, -0.25) is 9.59 Å². The number of aromatic nitrogens is 4. The summed E-state index contributed by atoms with van der Waals surface area (Å²) < 4.78 is 8.07. The second kappa shape index (κ2) is 8.00. The van der Waals surface area contributed by atoms with Crippen LogP contribution in [0, 0.1) is 0 Å². The van der Waals surface area contributed by atoms with E-state index in [0.29, 0.717) is 16.5 Å². The number of hydrogen-bond acceptors (Lipinski definition) is 5. The van der Waals surface area contributed by atoms with Gasteiger partial charge < -0.3 is 14.6 Å². The van der Waals surface area contributed by atoms with Gasteiger partial charge in [-0.15, -0.1) is 0 Å². The summed E-state index contributed by atoms with van der Waals surface area (Å²) in [5, 5.41) is 7.78. The molecule has 0 spiro atoms. The molecule has 4 aromatic rings. The van der Waals surface area contributed by atoms with Crippen LogP contribution in [0.5, 0.6) is 5.75 Å². The number of fused-ring (bicyclic) bond motifs is 1. The molecular weight excluding hydrogens is 406 g/mol. The van der Waals surface area contributed by atoms with Crippen molar-refractivity contribution in [1.82, 2.24) is 24.6 Å². The number of hydrogen-bond donors (Lipinski definition) is 1. The van der Waals surface area contributed by atoms with Crippen molar-refractivity contribution in [3.63, 3.8) is 0 Å². The Morgan fingerprint density at radius 3 is 2.63 bits per heavy atom. The Labute approximate surface area is 176 Å². The number of nitrogens with zero attached hydrogens (tertiary/aromatic N) is 4. The molecule has 9 heteroatoms. The SMILES string of the molecule is COc1ccccc1CNC(=O)c1nn(-c2ccc(Cl)cc2)c2c(=O)n(C)cnc12. The first kappa shape index (κ1) is 19.7. The van der Waals surface area contributed by atoms with Crippen molar-refractivity contribution in [2.45, 2.75) is 6.54 Å². The van der Waals surface area contributed by atoms with Crippen molar-refractivity contribution in [2.24, 2.45) is 7.05 Å². The van der Waals surface area contributed by atoms with Gasteiger partial charge in [0.15, 0.2) is 11.2 Å². The molecule has 152 valence electrons. The second-order valence-electron chi connectivity index (χ2n) is 6.59. The zero-order valence-corrected chi connectivity index (χ0v) is 17.1. The zero-order chi connectivity index (χ0) is 21.3. The highest BCUT2D eigenvalue weighted by atomic mass is 35.5. The van der Waals surface area contributed by atoms with Gasteiger partial charge in [0.2, 0.25) is 0 Å². The smallest absolute Gasteiger partial charge is 0.279 e. The molecule has 1 amide bonds. The lowest BCUT2D eigenvalue weighted by Crippen LogP contribution is -2.24. The molecule has 8 nitrogen and oxygen atoms in total. The van der Waals surface area contributed by atoms with Gasteiger partial charge in [-0.05, 0) is 30.3 Å². The third kappa shape index (κ3) is 3.53. The van der Waals surface area contributed by atoms with E-state index in [4.69, 9.17) is 16.3 Å². The Bertz CT molecular complexity index is 1290. The number of carbonyl (C=O) groups is 1. The summed E-state index contributed by atoms with van der Waals surface area (Å²) in [5.74, 6) is 0.223. The fourth-order valence-corrected chi connectivity index (χ4v) is 3.24. The van der Waals surface area contributed by atoms with Crippen LogP contribution in [0.4, 0.5) is 0 Å². The monoisotopic (exact) mass is 423 g/mol. The molecule has 2 aromatic heterocycles. The molecule has 4 rings (SSSR count). The summed E-state index contributed by atoms with van der Waals surface area (Å²) in [4.78, 5) is 30.0. The molecule has 0 saturated heterocycles. The first-order valence-electron chi connectivity index (χ1n) is 9.10. The molecule has 0 unspecified atom stereocenters. The van der Waals surface area contributed by atoms with E-state index in [9.17, 15) is 9.59 Å². The number of ether oxygens (including phenoxy) is 1. The molecule has 2 heterocycles. The minimum atomic E-state index is -0.445. The molecule has 0 saturated carbocycles. The highest BCUT2D eigenvalue weighted by Crippen LogP contribution is 2.20. The first-order valence-corrected chi connectivity index (χ1v) is 9.48. The molecule has 1 N–H and O–H groups in total. The maximum absolute atomic E-state index is 12.9. The van der Waals surface area contributed by atoms with Crippen molar-refractivity contribution in [3.05, 3.63) is 81.5 Å². The van der Waals surface area contributed by atoms with Crippen molar-refractivity contribution in [3.8, 4) is 11.4 Å². The zero-order valence-electron chi connectivity index (χ0n) is 16.3. The van der Waals surface area contributed by atoms with Crippen molar-refractivity contribution < 1.29 is 9.53 Å². The summed E-state index contributed by atoms with van der Waals surface area (Å²) in [5.41, 5.74) is 1.60. The average molecular weight is 424 g/mol. The van der Waals surface area contributed by atoms with E-state index >= 15 is 0 Å². The largest absolute Gasteiger partial charge is 0.496 e. The number of benzene rings is 2. The van der Waals surface area contributed by atoms with E-state index in [0.717, 1.165) is 5.56 Å². The van der Waals surface area contributed by atoms with E-state index in [1.54, 1.807) is 38.4 Å². The Hall–Kier alpha value is -3.65. The van der Waals surface area contributed by atoms with E-state index < -0.39 is 5.91 Å². The predicted molar refractivity (Wildman–Crippen MR) is 113 cm³/mol. The highest BCUT2D eigenvalue weighted by Gasteiger charge is 2.22. The summed E-state index contributed by atoms with van der Waals surface area (Å²) in [7, 11) is 3.16. The number of amides is 1. The lowest BCUT2D eigenvalue weighted by atomic mass is 10.2. The molecule has 0 fully saturated rings. The fourth-order valence-electron chi connectivity index (χ4n) is 3.12. The number of nitrogens with one attached hydrogen (secondary N) is 1. The van der Waals surface area contributed by atoms with Crippen molar-refractivity contribution in [1.29, 1.82) is 0 Å². The van der Waals surface area contributed by atoms with Crippen LogP contribution in [-0.2, 0) is 13.6 Å². The van der Waals surface area contributed by atoms with Crippen LogP contribution in [-0.4, -0.2) is 32.3 Å². The predicted octanol–water partition coefficient (Wildman–Crippen LogP) is 2.71. The topological polar surface area (TPSA) is 91.0 Å². The first-order chi connectivity index (χ1) is 14.5. The van der Waals surface area contributed by atoms with Crippen LogP contribution in [0.3, 0.4) is 0 Å². The lowest BCUT2D eigenvalue weighted by molar-refractivity contribution is 0.0946. The minimum absolute atomic E-state index is 0.0625. The van der Waals surface area contributed by atoms with E-state index in [1.807, 2.05) is 24.3 Å². The van der Waals surface area contributed by atoms with E-state index in [-0.39, 0.29) is 28.8 Å². The van der Waals surface area contributed by atoms with Crippen molar-refractivity contribution in [2.75, 3.05) is 7.11 Å². The normalized spacial score (nSPS) is 10.9. The van der Waals surface area contributed by atoms with Gasteiger partial charge in [-0.25, -0.2) is 9.67 Å². The Morgan fingerprint density at radius 1 is 1.17 bits per heavy atom. The maximum Gasteiger partial charge on any atom is 0.279 e. The van der Waals surface area contributed by atoms with Crippen LogP contribution < -0.4 is 15.6 Å². The number of aryl methyl sites for hydroxylation is 1. The summed E-state index contributed by atoms with van der Waals surface area (Å²) in [6.45, 7) is 0.239. The molecule has 0 atom stereocenters. The van der Waals surface area contributed by atoms with Gasteiger partial charge in [0, 0.05) is 24.2 Å². The standard InChI is InChI=1S/C21H18ClN5O3/c1-26-12-24-17-18(20(28)23-11-13-5-3-4-6-16(13)30-2)25-27(19(17)21(26)29)15-9-7-14(22)8-10-15/h3-10,12H,11H2,1-2H3,(H,23,28). The minimum Gasteiger partial charge on any atom is -0.496 e. The van der Waals surface area contributed by atoms with Gasteiger partial charge in [0.05, 0.1) is 19.1 Å². The number of halogens is 1. The maximum atomic E-state index is 12.9. The molecule has 30 heavy (non-hydrogen) atoms. The van der Waals surface area contributed by atoms with Crippen molar-refractivity contribution >= 4 is 28.5 Å². The lowest BCUT2D eigenvalue weighted by Gasteiger charge is -2.08. The van der Waals surface area contributed by atoms with Crippen LogP contribution in [0.15, 0.2) is 59.7 Å². The number of carbonyl (C=O) groups excluding carboxylic acids is 1. The van der Waals surface area contributed by atoms with Gasteiger partial charge in [0.25, 0.3) is 11.5 Å². The molecule has 0 aliphatic carbocycles. The summed E-state index contributed by atoms with van der Waals surface area (Å²) in [6, 6.07) is 14.2. The average Bonchev–Trinajstić information content (AvgIpc) is 3.15. The van der Waals surface area contributed by atoms with Crippen LogP contribution in [0.2, 0.25) is 5.02 Å². The van der Waals surface area contributed by atoms with E-state index in [1.165, 1.54) is 15.6 Å². The number of rotatable bonds is 5. The van der Waals surface area contributed by atoms with Crippen LogP contribution >= 0.6 is 11.6 Å². The molecule has 0 radical (unpaired) electrons. The molecule has 0 bridgehead atoms. The van der Waals surface area contributed by atoms with Gasteiger partial charge in [-0.2, -0.15) is 5.10 Å². The Morgan fingerprint density at radius 2 is 1.90 bits per heavy atom. The number of para-hydroxylation sites is 1. The van der Waals surface area contributed by atoms with Gasteiger partial charge in [-0.1, -0.05) is 29.8 Å². The third-order valence-corrected chi connectivity index (χ3v) is 4.91. The van der Waals surface area contributed by atoms with Crippen LogP contribution in [0.1, 0.15) is 16.1 Å².